The molecule has 0 spiro atoms. The fourth-order valence-electron chi connectivity index (χ4n) is 3.85. The SMILES string of the molecule is CCOC(=O)C[C@H]1O[C@H](c2cccc(OC(F)(F)F)c2Cl)c2cc(Cl)ccc2-n2c1nnc2C(F)(F)F. The number of benzene rings is 2. The quantitative estimate of drug-likeness (QED) is 0.254. The van der Waals surface area contributed by atoms with Crippen LogP contribution in [0.1, 0.15) is 48.3 Å². The zero-order valence-electron chi connectivity index (χ0n) is 18.5. The molecule has 0 radical (unpaired) electrons. The third-order valence-corrected chi connectivity index (χ3v) is 5.84. The minimum Gasteiger partial charge on any atom is -0.466 e. The molecule has 2 atom stereocenters. The van der Waals surface area contributed by atoms with Crippen molar-refractivity contribution in [1.82, 2.24) is 14.8 Å². The van der Waals surface area contributed by atoms with E-state index in [0.29, 0.717) is 4.57 Å². The minimum absolute atomic E-state index is 0.00327. The second kappa shape index (κ2) is 10.0. The van der Waals surface area contributed by atoms with E-state index in [0.717, 1.165) is 6.07 Å². The van der Waals surface area contributed by atoms with Crippen LogP contribution < -0.4 is 4.74 Å². The molecule has 0 saturated heterocycles. The lowest BCUT2D eigenvalue weighted by molar-refractivity contribution is -0.274. The van der Waals surface area contributed by atoms with Crippen molar-refractivity contribution in [3.8, 4) is 11.4 Å². The lowest BCUT2D eigenvalue weighted by Gasteiger charge is -2.24. The predicted octanol–water partition coefficient (Wildman–Crippen LogP) is 6.61. The van der Waals surface area contributed by atoms with Gasteiger partial charge in [0, 0.05) is 16.1 Å². The fraction of sp³-hybridized carbons (Fsp3) is 0.318. The van der Waals surface area contributed by atoms with Gasteiger partial charge in [0.2, 0.25) is 5.82 Å². The van der Waals surface area contributed by atoms with E-state index < -0.39 is 53.7 Å². The highest BCUT2D eigenvalue weighted by atomic mass is 35.5. The summed E-state index contributed by atoms with van der Waals surface area (Å²) >= 11 is 12.4. The number of hydrogen-bond acceptors (Lipinski definition) is 6. The maximum atomic E-state index is 13.9. The van der Waals surface area contributed by atoms with Gasteiger partial charge in [-0.3, -0.25) is 9.36 Å². The molecule has 1 aliphatic rings. The van der Waals surface area contributed by atoms with E-state index in [-0.39, 0.29) is 34.3 Å². The molecule has 0 N–H and O–H groups in total. The molecule has 1 aromatic heterocycles. The van der Waals surface area contributed by atoms with Crippen LogP contribution in [-0.4, -0.2) is 33.7 Å². The molecule has 37 heavy (non-hydrogen) atoms. The Balaban J connectivity index is 1.96. The van der Waals surface area contributed by atoms with E-state index in [1.54, 1.807) is 0 Å². The molecule has 4 rings (SSSR count). The smallest absolute Gasteiger partial charge is 0.466 e. The van der Waals surface area contributed by atoms with Crippen molar-refractivity contribution in [1.29, 1.82) is 0 Å². The van der Waals surface area contributed by atoms with Crippen LogP contribution in [0.15, 0.2) is 36.4 Å². The molecule has 0 unspecified atom stereocenters. The van der Waals surface area contributed by atoms with Crippen LogP contribution in [0.2, 0.25) is 10.0 Å². The first-order valence-electron chi connectivity index (χ1n) is 10.5. The Kier molecular flexibility index (Phi) is 7.32. The molecule has 2 aromatic carbocycles. The van der Waals surface area contributed by atoms with E-state index in [9.17, 15) is 31.1 Å². The van der Waals surface area contributed by atoms with Gasteiger partial charge >= 0.3 is 18.5 Å². The van der Waals surface area contributed by atoms with Gasteiger partial charge in [-0.25, -0.2) is 0 Å². The summed E-state index contributed by atoms with van der Waals surface area (Å²) in [5, 5.41) is 6.46. The summed E-state index contributed by atoms with van der Waals surface area (Å²) in [5.74, 6) is -3.38. The second-order valence-electron chi connectivity index (χ2n) is 7.64. The van der Waals surface area contributed by atoms with Crippen molar-refractivity contribution in [2.45, 2.75) is 38.1 Å². The van der Waals surface area contributed by atoms with Gasteiger partial charge in [-0.2, -0.15) is 13.2 Å². The molecule has 0 aliphatic carbocycles. The third-order valence-electron chi connectivity index (χ3n) is 5.20. The van der Waals surface area contributed by atoms with Crippen LogP contribution >= 0.6 is 23.2 Å². The van der Waals surface area contributed by atoms with Crippen molar-refractivity contribution < 1.29 is 45.3 Å². The molecule has 3 aromatic rings. The highest BCUT2D eigenvalue weighted by Crippen LogP contribution is 2.47. The average molecular weight is 570 g/mol. The van der Waals surface area contributed by atoms with Gasteiger partial charge in [0.1, 0.15) is 18.0 Å². The molecule has 0 saturated carbocycles. The van der Waals surface area contributed by atoms with E-state index in [1.807, 2.05) is 0 Å². The average Bonchev–Trinajstić information content (AvgIpc) is 3.19. The second-order valence-corrected chi connectivity index (χ2v) is 8.45. The molecular weight excluding hydrogens is 555 g/mol. The Bertz CT molecular complexity index is 1330. The van der Waals surface area contributed by atoms with Gasteiger partial charge in [-0.15, -0.1) is 23.4 Å². The summed E-state index contributed by atoms with van der Waals surface area (Å²) < 4.78 is 96.0. The van der Waals surface area contributed by atoms with Gasteiger partial charge in [0.15, 0.2) is 5.82 Å². The van der Waals surface area contributed by atoms with Crippen LogP contribution in [0, 0.1) is 0 Å². The molecule has 1 aliphatic heterocycles. The number of esters is 1. The van der Waals surface area contributed by atoms with Crippen LogP contribution in [-0.2, 0) is 20.4 Å². The number of fused-ring (bicyclic) bond motifs is 3. The topological polar surface area (TPSA) is 75.5 Å². The van der Waals surface area contributed by atoms with Crippen LogP contribution in [0.4, 0.5) is 26.3 Å². The Morgan fingerprint density at radius 1 is 1.08 bits per heavy atom. The Morgan fingerprint density at radius 2 is 1.81 bits per heavy atom. The molecular formula is C22H15Cl2F6N3O4. The molecule has 0 fully saturated rings. The van der Waals surface area contributed by atoms with Crippen molar-refractivity contribution >= 4 is 29.2 Å². The maximum Gasteiger partial charge on any atom is 0.573 e. The number of aromatic nitrogens is 3. The zero-order chi connectivity index (χ0) is 27.1. The number of rotatable bonds is 5. The standard InChI is InChI=1S/C22H15Cl2F6N3O4/c1-2-35-16(34)9-15-19-31-32-20(21(25,26)27)33(19)13-7-6-10(23)8-12(13)18(36-15)11-4-3-5-14(17(11)24)37-22(28,29)30/h3-8,15,18H,2,9H2,1H3/t15-,18-/m1/s1. The monoisotopic (exact) mass is 569 g/mol. The third kappa shape index (κ3) is 5.63. The number of alkyl halides is 6. The summed E-state index contributed by atoms with van der Waals surface area (Å²) in [6, 6.07) is 7.28. The lowest BCUT2D eigenvalue weighted by atomic mass is 9.99. The number of ether oxygens (including phenoxy) is 3. The minimum atomic E-state index is -5.07. The summed E-state index contributed by atoms with van der Waals surface area (Å²) in [4.78, 5) is 12.3. The van der Waals surface area contributed by atoms with Gasteiger partial charge in [0.25, 0.3) is 0 Å². The van der Waals surface area contributed by atoms with Crippen molar-refractivity contribution in [2.24, 2.45) is 0 Å². The van der Waals surface area contributed by atoms with E-state index >= 15 is 0 Å². The number of nitrogens with zero attached hydrogens (tertiary/aromatic N) is 3. The Hall–Kier alpha value is -3.03. The normalized spacial score (nSPS) is 17.5. The van der Waals surface area contributed by atoms with Gasteiger partial charge < -0.3 is 14.2 Å². The number of carbonyl (C=O) groups excluding carboxylic acids is 1. The summed E-state index contributed by atoms with van der Waals surface area (Å²) in [6.07, 6.45) is -13.5. The zero-order valence-corrected chi connectivity index (χ0v) is 20.0. The molecule has 198 valence electrons. The van der Waals surface area contributed by atoms with Gasteiger partial charge in [-0.1, -0.05) is 35.3 Å². The van der Waals surface area contributed by atoms with Crippen LogP contribution in [0.5, 0.6) is 5.75 Å². The Labute approximate surface area is 214 Å². The highest BCUT2D eigenvalue weighted by Gasteiger charge is 2.44. The maximum absolute atomic E-state index is 13.9. The van der Waals surface area contributed by atoms with E-state index in [1.165, 1.54) is 37.3 Å². The van der Waals surface area contributed by atoms with Crippen LogP contribution in [0.3, 0.4) is 0 Å². The first kappa shape index (κ1) is 27.0. The fourth-order valence-corrected chi connectivity index (χ4v) is 4.29. The largest absolute Gasteiger partial charge is 0.573 e. The molecule has 15 heteroatoms. The van der Waals surface area contributed by atoms with Gasteiger partial charge in [0.05, 0.1) is 23.7 Å². The summed E-state index contributed by atoms with van der Waals surface area (Å²) in [5.41, 5.74) is -0.226. The van der Waals surface area contributed by atoms with E-state index in [4.69, 9.17) is 32.7 Å². The first-order valence-corrected chi connectivity index (χ1v) is 11.2. The Morgan fingerprint density at radius 3 is 2.46 bits per heavy atom. The number of carbonyl (C=O) groups is 1. The molecule has 2 heterocycles. The van der Waals surface area contributed by atoms with E-state index in [2.05, 4.69) is 14.9 Å². The number of halogens is 8. The molecule has 0 bridgehead atoms. The van der Waals surface area contributed by atoms with Crippen molar-refractivity contribution in [2.75, 3.05) is 6.61 Å². The summed E-state index contributed by atoms with van der Waals surface area (Å²) in [7, 11) is 0. The van der Waals surface area contributed by atoms with Crippen LogP contribution in [0.25, 0.3) is 5.69 Å². The predicted molar refractivity (Wildman–Crippen MR) is 116 cm³/mol. The first-order chi connectivity index (χ1) is 17.3. The highest BCUT2D eigenvalue weighted by molar-refractivity contribution is 6.33. The molecule has 7 nitrogen and oxygen atoms in total. The lowest BCUT2D eigenvalue weighted by Crippen LogP contribution is -2.19. The van der Waals surface area contributed by atoms with Gasteiger partial charge in [-0.05, 0) is 31.2 Å². The summed E-state index contributed by atoms with van der Waals surface area (Å²) in [6.45, 7) is 1.51. The molecule has 0 amide bonds. The van der Waals surface area contributed by atoms with Crippen molar-refractivity contribution in [3.63, 3.8) is 0 Å². The number of hydrogen-bond donors (Lipinski definition) is 0. The van der Waals surface area contributed by atoms with Crippen molar-refractivity contribution in [3.05, 3.63) is 69.2 Å².